The Labute approximate surface area is 115 Å². The molecule has 1 N–H and O–H groups in total. The summed E-state index contributed by atoms with van der Waals surface area (Å²) in [6, 6.07) is 1.75. The van der Waals surface area contributed by atoms with Crippen LogP contribution < -0.4 is 5.32 Å². The van der Waals surface area contributed by atoms with Crippen molar-refractivity contribution in [3.8, 4) is 0 Å². The molecule has 0 spiro atoms. The van der Waals surface area contributed by atoms with Gasteiger partial charge in [0.25, 0.3) is 0 Å². The van der Waals surface area contributed by atoms with Crippen LogP contribution in [-0.2, 0) is 16.3 Å². The smallest absolute Gasteiger partial charge is 0.152 e. The first kappa shape index (κ1) is 13.7. The molecule has 1 unspecified atom stereocenters. The second kappa shape index (κ2) is 5.52. The number of aryl methyl sites for hydroxylation is 1. The summed E-state index contributed by atoms with van der Waals surface area (Å²) < 4.78 is 23.5. The molecular formula is C11H16BrN3O2S. The lowest BCUT2D eigenvalue weighted by Crippen LogP contribution is -2.21. The van der Waals surface area contributed by atoms with E-state index in [1.807, 2.05) is 0 Å². The first-order valence-corrected chi connectivity index (χ1v) is 8.60. The van der Waals surface area contributed by atoms with Crippen LogP contribution in [-0.4, -0.2) is 35.9 Å². The van der Waals surface area contributed by atoms with E-state index in [1.54, 1.807) is 6.07 Å². The van der Waals surface area contributed by atoms with Crippen LogP contribution >= 0.6 is 15.9 Å². The second-order valence-corrected chi connectivity index (χ2v) is 7.53. The van der Waals surface area contributed by atoms with E-state index in [-0.39, 0.29) is 17.5 Å². The summed E-state index contributed by atoms with van der Waals surface area (Å²) in [7, 11) is -2.86. The van der Waals surface area contributed by atoms with Gasteiger partial charge in [0.1, 0.15) is 16.2 Å². The Kier molecular flexibility index (Phi) is 4.21. The zero-order chi connectivity index (χ0) is 13.2. The lowest BCUT2D eigenvalue weighted by Gasteiger charge is -2.12. The van der Waals surface area contributed by atoms with Gasteiger partial charge in [0, 0.05) is 18.5 Å². The largest absolute Gasteiger partial charge is 0.366 e. The van der Waals surface area contributed by atoms with Crippen molar-refractivity contribution in [1.82, 2.24) is 9.97 Å². The highest BCUT2D eigenvalue weighted by atomic mass is 79.9. The molecule has 0 saturated carbocycles. The zero-order valence-corrected chi connectivity index (χ0v) is 12.6. The van der Waals surface area contributed by atoms with E-state index in [0.717, 1.165) is 23.3 Å². The summed E-state index contributed by atoms with van der Waals surface area (Å²) in [6.07, 6.45) is 2.44. The molecule has 0 aliphatic carbocycles. The molecule has 7 heteroatoms. The summed E-state index contributed by atoms with van der Waals surface area (Å²) in [5.41, 5.74) is 0. The average molecular weight is 334 g/mol. The van der Waals surface area contributed by atoms with Crippen molar-refractivity contribution in [2.75, 3.05) is 16.8 Å². The molecule has 0 bridgehead atoms. The van der Waals surface area contributed by atoms with E-state index in [1.165, 1.54) is 0 Å². The van der Waals surface area contributed by atoms with Gasteiger partial charge in [-0.05, 0) is 28.8 Å². The van der Waals surface area contributed by atoms with Crippen molar-refractivity contribution >= 4 is 31.6 Å². The van der Waals surface area contributed by atoms with Crippen molar-refractivity contribution in [3.05, 3.63) is 16.5 Å². The molecule has 2 rings (SSSR count). The van der Waals surface area contributed by atoms with Gasteiger partial charge in [-0.2, -0.15) is 0 Å². The van der Waals surface area contributed by atoms with Crippen molar-refractivity contribution in [1.29, 1.82) is 0 Å². The van der Waals surface area contributed by atoms with Gasteiger partial charge < -0.3 is 5.32 Å². The monoisotopic (exact) mass is 333 g/mol. The fourth-order valence-electron chi connectivity index (χ4n) is 1.99. The van der Waals surface area contributed by atoms with Gasteiger partial charge in [0.05, 0.1) is 11.5 Å². The molecule has 1 atom stereocenters. The Bertz CT molecular complexity index is 533. The number of sulfone groups is 1. The summed E-state index contributed by atoms with van der Waals surface area (Å²) >= 11 is 3.35. The SMILES string of the molecule is CCCc1nc(Br)cc(NC2CCS(=O)(=O)C2)n1. The maximum absolute atomic E-state index is 11.4. The molecule has 1 aliphatic heterocycles. The highest BCUT2D eigenvalue weighted by Gasteiger charge is 2.28. The average Bonchev–Trinajstić information content (AvgIpc) is 2.57. The highest BCUT2D eigenvalue weighted by Crippen LogP contribution is 2.18. The molecule has 0 amide bonds. The molecule has 1 aliphatic rings. The summed E-state index contributed by atoms with van der Waals surface area (Å²) in [4.78, 5) is 8.66. The van der Waals surface area contributed by atoms with Gasteiger partial charge in [-0.25, -0.2) is 18.4 Å². The molecule has 1 aromatic rings. The topological polar surface area (TPSA) is 72.0 Å². The molecule has 2 heterocycles. The number of anilines is 1. The standard InChI is InChI=1S/C11H16BrN3O2S/c1-2-3-10-14-9(12)6-11(15-10)13-8-4-5-18(16,17)7-8/h6,8H,2-5,7H2,1H3,(H,13,14,15). The van der Waals surface area contributed by atoms with Gasteiger partial charge in [-0.1, -0.05) is 6.92 Å². The van der Waals surface area contributed by atoms with Crippen LogP contribution in [0.4, 0.5) is 5.82 Å². The third kappa shape index (κ3) is 3.65. The summed E-state index contributed by atoms with van der Waals surface area (Å²) in [5.74, 6) is 1.92. The van der Waals surface area contributed by atoms with Gasteiger partial charge in [-0.3, -0.25) is 0 Å². The number of nitrogens with zero attached hydrogens (tertiary/aromatic N) is 2. The third-order valence-corrected chi connectivity index (χ3v) is 4.97. The third-order valence-electron chi connectivity index (χ3n) is 2.80. The maximum atomic E-state index is 11.4. The van der Waals surface area contributed by atoms with Crippen LogP contribution in [0, 0.1) is 0 Å². The van der Waals surface area contributed by atoms with E-state index in [2.05, 4.69) is 38.1 Å². The van der Waals surface area contributed by atoms with Gasteiger partial charge in [0.2, 0.25) is 0 Å². The fourth-order valence-corrected chi connectivity index (χ4v) is 4.09. The number of halogens is 1. The maximum Gasteiger partial charge on any atom is 0.152 e. The Hall–Kier alpha value is -0.690. The molecule has 100 valence electrons. The summed E-state index contributed by atoms with van der Waals surface area (Å²) in [6.45, 7) is 2.07. The highest BCUT2D eigenvalue weighted by molar-refractivity contribution is 9.10. The van der Waals surface area contributed by atoms with E-state index >= 15 is 0 Å². The molecule has 1 fully saturated rings. The van der Waals surface area contributed by atoms with Gasteiger partial charge in [0.15, 0.2) is 9.84 Å². The molecule has 1 saturated heterocycles. The lowest BCUT2D eigenvalue weighted by atomic mass is 10.2. The Morgan fingerprint density at radius 2 is 2.28 bits per heavy atom. The van der Waals surface area contributed by atoms with E-state index in [4.69, 9.17) is 0 Å². The number of aromatic nitrogens is 2. The zero-order valence-electron chi connectivity index (χ0n) is 10.2. The normalized spacial score (nSPS) is 22.0. The number of hydrogen-bond donors (Lipinski definition) is 1. The van der Waals surface area contributed by atoms with Crippen molar-refractivity contribution in [2.24, 2.45) is 0 Å². The molecular weight excluding hydrogens is 318 g/mol. The molecule has 0 aromatic carbocycles. The van der Waals surface area contributed by atoms with Crippen molar-refractivity contribution in [3.63, 3.8) is 0 Å². The minimum Gasteiger partial charge on any atom is -0.366 e. The van der Waals surface area contributed by atoms with Crippen LogP contribution in [0.3, 0.4) is 0 Å². The first-order valence-electron chi connectivity index (χ1n) is 5.99. The number of rotatable bonds is 4. The van der Waals surface area contributed by atoms with Crippen molar-refractivity contribution in [2.45, 2.75) is 32.2 Å². The predicted octanol–water partition coefficient (Wildman–Crippen LogP) is 1.79. The van der Waals surface area contributed by atoms with Crippen molar-refractivity contribution < 1.29 is 8.42 Å². The van der Waals surface area contributed by atoms with Gasteiger partial charge in [-0.15, -0.1) is 0 Å². The van der Waals surface area contributed by atoms with E-state index in [0.29, 0.717) is 12.2 Å². The van der Waals surface area contributed by atoms with E-state index < -0.39 is 9.84 Å². The quantitative estimate of drug-likeness (QED) is 0.850. The Morgan fingerprint density at radius 3 is 2.89 bits per heavy atom. The van der Waals surface area contributed by atoms with Crippen LogP contribution in [0.15, 0.2) is 10.7 Å². The molecule has 5 nitrogen and oxygen atoms in total. The fraction of sp³-hybridized carbons (Fsp3) is 0.636. The summed E-state index contributed by atoms with van der Waals surface area (Å²) in [5, 5.41) is 3.18. The van der Waals surface area contributed by atoms with Crippen LogP contribution in [0.2, 0.25) is 0 Å². The Balaban J connectivity index is 2.09. The van der Waals surface area contributed by atoms with E-state index in [9.17, 15) is 8.42 Å². The van der Waals surface area contributed by atoms with Crippen LogP contribution in [0.25, 0.3) is 0 Å². The lowest BCUT2D eigenvalue weighted by molar-refractivity contribution is 0.602. The predicted molar refractivity (Wildman–Crippen MR) is 74.4 cm³/mol. The first-order chi connectivity index (χ1) is 8.48. The number of nitrogens with one attached hydrogen (secondary N) is 1. The van der Waals surface area contributed by atoms with Gasteiger partial charge >= 0.3 is 0 Å². The Morgan fingerprint density at radius 1 is 1.50 bits per heavy atom. The molecule has 0 radical (unpaired) electrons. The van der Waals surface area contributed by atoms with Crippen LogP contribution in [0.1, 0.15) is 25.6 Å². The minimum atomic E-state index is -2.86. The number of hydrogen-bond acceptors (Lipinski definition) is 5. The molecule has 1 aromatic heterocycles. The van der Waals surface area contributed by atoms with Crippen LogP contribution in [0.5, 0.6) is 0 Å². The second-order valence-electron chi connectivity index (χ2n) is 4.49. The minimum absolute atomic E-state index is 0.0359. The molecule has 18 heavy (non-hydrogen) atoms.